The lowest BCUT2D eigenvalue weighted by atomic mass is 10.0. The standard InChI is InChI=1S/C23H29N3O2/c1-4-20-10-8-9-18(2)23(20)26(19(3)27)17-22(28)25-15-13-24(14-16-25)21-11-6-5-7-12-21/h5-12H,4,13-17H2,1-3H3. The molecule has 0 aliphatic carbocycles. The van der Waals surface area contributed by atoms with Crippen LogP contribution in [0.5, 0.6) is 0 Å². The van der Waals surface area contributed by atoms with E-state index in [0.29, 0.717) is 13.1 Å². The van der Waals surface area contributed by atoms with Gasteiger partial charge in [0.2, 0.25) is 11.8 Å². The smallest absolute Gasteiger partial charge is 0.242 e. The third-order valence-electron chi connectivity index (χ3n) is 5.40. The molecule has 0 aromatic heterocycles. The van der Waals surface area contributed by atoms with Gasteiger partial charge in [0.1, 0.15) is 6.54 Å². The molecule has 0 bridgehead atoms. The molecule has 0 unspecified atom stereocenters. The third kappa shape index (κ3) is 4.35. The summed E-state index contributed by atoms with van der Waals surface area (Å²) in [7, 11) is 0. The van der Waals surface area contributed by atoms with Gasteiger partial charge >= 0.3 is 0 Å². The Morgan fingerprint density at radius 2 is 1.64 bits per heavy atom. The topological polar surface area (TPSA) is 43.9 Å². The molecule has 5 nitrogen and oxygen atoms in total. The van der Waals surface area contributed by atoms with Crippen molar-refractivity contribution in [3.8, 4) is 0 Å². The highest BCUT2D eigenvalue weighted by atomic mass is 16.2. The van der Waals surface area contributed by atoms with Crippen LogP contribution in [0.4, 0.5) is 11.4 Å². The number of carbonyl (C=O) groups is 2. The molecular formula is C23H29N3O2. The number of benzene rings is 2. The number of nitrogens with zero attached hydrogens (tertiary/aromatic N) is 3. The molecule has 0 N–H and O–H groups in total. The van der Waals surface area contributed by atoms with Gasteiger partial charge in [0.25, 0.3) is 0 Å². The van der Waals surface area contributed by atoms with Gasteiger partial charge in [0, 0.05) is 38.8 Å². The largest absolute Gasteiger partial charge is 0.368 e. The Labute approximate surface area is 167 Å². The zero-order chi connectivity index (χ0) is 20.1. The molecule has 1 aliphatic heterocycles. The van der Waals surface area contributed by atoms with E-state index in [-0.39, 0.29) is 18.4 Å². The molecule has 1 aliphatic rings. The van der Waals surface area contributed by atoms with Crippen molar-refractivity contribution in [2.75, 3.05) is 42.5 Å². The van der Waals surface area contributed by atoms with Crippen molar-refractivity contribution in [2.45, 2.75) is 27.2 Å². The Hall–Kier alpha value is -2.82. The fourth-order valence-electron chi connectivity index (χ4n) is 3.83. The van der Waals surface area contributed by atoms with Crippen molar-refractivity contribution in [3.05, 3.63) is 59.7 Å². The van der Waals surface area contributed by atoms with E-state index in [2.05, 4.69) is 24.0 Å². The average Bonchev–Trinajstić information content (AvgIpc) is 2.72. The number of piperazine rings is 1. The number of amides is 2. The number of aryl methyl sites for hydroxylation is 2. The number of carbonyl (C=O) groups excluding carboxylic acids is 2. The van der Waals surface area contributed by atoms with Gasteiger partial charge in [-0.15, -0.1) is 0 Å². The highest BCUT2D eigenvalue weighted by Gasteiger charge is 2.26. The Morgan fingerprint density at radius 1 is 0.964 bits per heavy atom. The van der Waals surface area contributed by atoms with Gasteiger partial charge in [0.15, 0.2) is 0 Å². The van der Waals surface area contributed by atoms with Crippen LogP contribution in [0.3, 0.4) is 0 Å². The van der Waals surface area contributed by atoms with Gasteiger partial charge in [-0.1, -0.05) is 43.3 Å². The Morgan fingerprint density at radius 3 is 2.25 bits per heavy atom. The molecule has 0 saturated carbocycles. The minimum atomic E-state index is -0.0970. The summed E-state index contributed by atoms with van der Waals surface area (Å²) in [5.74, 6) is -0.0894. The van der Waals surface area contributed by atoms with Crippen molar-refractivity contribution in [3.63, 3.8) is 0 Å². The van der Waals surface area contributed by atoms with Gasteiger partial charge in [-0.3, -0.25) is 9.59 Å². The molecule has 5 heteroatoms. The molecule has 1 fully saturated rings. The fraction of sp³-hybridized carbons (Fsp3) is 0.391. The van der Waals surface area contributed by atoms with E-state index in [4.69, 9.17) is 0 Å². The van der Waals surface area contributed by atoms with Gasteiger partial charge in [0.05, 0.1) is 5.69 Å². The number of anilines is 2. The zero-order valence-corrected chi connectivity index (χ0v) is 17.0. The molecule has 0 spiro atoms. The van der Waals surface area contributed by atoms with Crippen LogP contribution in [-0.2, 0) is 16.0 Å². The minimum Gasteiger partial charge on any atom is -0.368 e. The molecule has 148 valence electrons. The maximum absolute atomic E-state index is 13.0. The Balaban J connectivity index is 1.69. The fourth-order valence-corrected chi connectivity index (χ4v) is 3.83. The molecule has 2 aromatic carbocycles. The van der Waals surface area contributed by atoms with Crippen molar-refractivity contribution in [2.24, 2.45) is 0 Å². The molecule has 1 saturated heterocycles. The summed E-state index contributed by atoms with van der Waals surface area (Å²) in [5.41, 5.74) is 4.19. The van der Waals surface area contributed by atoms with Gasteiger partial charge < -0.3 is 14.7 Å². The molecule has 0 radical (unpaired) electrons. The predicted molar refractivity (Wildman–Crippen MR) is 114 cm³/mol. The minimum absolute atomic E-state index is 0.00761. The average molecular weight is 380 g/mol. The van der Waals surface area contributed by atoms with Crippen LogP contribution in [0, 0.1) is 6.92 Å². The number of para-hydroxylation sites is 2. The first kappa shape index (κ1) is 19.9. The second-order valence-electron chi connectivity index (χ2n) is 7.24. The SMILES string of the molecule is CCc1cccc(C)c1N(CC(=O)N1CCN(c2ccccc2)CC1)C(C)=O. The summed E-state index contributed by atoms with van der Waals surface area (Å²) >= 11 is 0. The van der Waals surface area contributed by atoms with Gasteiger partial charge in [-0.2, -0.15) is 0 Å². The molecule has 28 heavy (non-hydrogen) atoms. The number of hydrogen-bond donors (Lipinski definition) is 0. The maximum atomic E-state index is 13.0. The van der Waals surface area contributed by atoms with Crippen LogP contribution >= 0.6 is 0 Å². The summed E-state index contributed by atoms with van der Waals surface area (Å²) in [4.78, 5) is 31.1. The summed E-state index contributed by atoms with van der Waals surface area (Å²) in [6.07, 6.45) is 0.824. The summed E-state index contributed by atoms with van der Waals surface area (Å²) < 4.78 is 0. The molecule has 2 amide bonds. The maximum Gasteiger partial charge on any atom is 0.242 e. The van der Waals surface area contributed by atoms with Crippen LogP contribution in [0.25, 0.3) is 0 Å². The lowest BCUT2D eigenvalue weighted by molar-refractivity contribution is -0.131. The molecule has 0 atom stereocenters. The zero-order valence-electron chi connectivity index (χ0n) is 17.0. The quantitative estimate of drug-likeness (QED) is 0.801. The van der Waals surface area contributed by atoms with Crippen LogP contribution < -0.4 is 9.80 Å². The highest BCUT2D eigenvalue weighted by Crippen LogP contribution is 2.26. The van der Waals surface area contributed by atoms with E-state index in [0.717, 1.165) is 36.3 Å². The Bertz CT molecular complexity index is 827. The molecule has 3 rings (SSSR count). The van der Waals surface area contributed by atoms with Gasteiger partial charge in [-0.25, -0.2) is 0 Å². The van der Waals surface area contributed by atoms with E-state index in [1.807, 2.05) is 48.2 Å². The van der Waals surface area contributed by atoms with Gasteiger partial charge in [-0.05, 0) is 36.6 Å². The number of rotatable bonds is 5. The molecular weight excluding hydrogens is 350 g/mol. The van der Waals surface area contributed by atoms with Crippen LogP contribution in [-0.4, -0.2) is 49.4 Å². The first-order chi connectivity index (χ1) is 13.5. The van der Waals surface area contributed by atoms with E-state index < -0.39 is 0 Å². The second kappa shape index (κ2) is 8.91. The van der Waals surface area contributed by atoms with Crippen molar-refractivity contribution < 1.29 is 9.59 Å². The summed E-state index contributed by atoms with van der Waals surface area (Å²) in [5, 5.41) is 0. The summed E-state index contributed by atoms with van der Waals surface area (Å²) in [6.45, 7) is 8.66. The van der Waals surface area contributed by atoms with Crippen LogP contribution in [0.2, 0.25) is 0 Å². The lowest BCUT2D eigenvalue weighted by Gasteiger charge is -2.37. The third-order valence-corrected chi connectivity index (χ3v) is 5.40. The van der Waals surface area contributed by atoms with Crippen molar-refractivity contribution >= 4 is 23.2 Å². The first-order valence-corrected chi connectivity index (χ1v) is 9.95. The van der Waals surface area contributed by atoms with Crippen molar-refractivity contribution in [1.29, 1.82) is 0 Å². The van der Waals surface area contributed by atoms with E-state index in [1.165, 1.54) is 12.6 Å². The van der Waals surface area contributed by atoms with Crippen molar-refractivity contribution in [1.82, 2.24) is 4.90 Å². The van der Waals surface area contributed by atoms with E-state index in [1.54, 1.807) is 4.90 Å². The Kier molecular flexibility index (Phi) is 6.34. The predicted octanol–water partition coefficient (Wildman–Crippen LogP) is 3.26. The second-order valence-corrected chi connectivity index (χ2v) is 7.24. The monoisotopic (exact) mass is 379 g/mol. The van der Waals surface area contributed by atoms with E-state index in [9.17, 15) is 9.59 Å². The first-order valence-electron chi connectivity index (χ1n) is 9.95. The van der Waals surface area contributed by atoms with Crippen LogP contribution in [0.1, 0.15) is 25.0 Å². The highest BCUT2D eigenvalue weighted by molar-refractivity contribution is 5.98. The van der Waals surface area contributed by atoms with E-state index >= 15 is 0 Å². The molecule has 1 heterocycles. The summed E-state index contributed by atoms with van der Waals surface area (Å²) in [6, 6.07) is 16.3. The lowest BCUT2D eigenvalue weighted by Crippen LogP contribution is -2.52. The normalized spacial score (nSPS) is 14.1. The number of hydrogen-bond acceptors (Lipinski definition) is 3. The molecule has 2 aromatic rings. The van der Waals surface area contributed by atoms with Crippen LogP contribution in [0.15, 0.2) is 48.5 Å².